The zero-order chi connectivity index (χ0) is 13.1. The van der Waals surface area contributed by atoms with Crippen molar-refractivity contribution in [3.05, 3.63) is 34.1 Å². The van der Waals surface area contributed by atoms with Crippen molar-refractivity contribution in [1.29, 1.82) is 0 Å². The molecule has 0 bridgehead atoms. The molecule has 0 aliphatic heterocycles. The van der Waals surface area contributed by atoms with E-state index in [1.807, 2.05) is 19.9 Å². The normalized spacial score (nSPS) is 11.5. The van der Waals surface area contributed by atoms with Gasteiger partial charge in [-0.15, -0.1) is 0 Å². The van der Waals surface area contributed by atoms with Crippen LogP contribution >= 0.6 is 15.9 Å². The van der Waals surface area contributed by atoms with Crippen LogP contribution in [0.3, 0.4) is 0 Å². The molecule has 0 aliphatic rings. The zero-order valence-electron chi connectivity index (χ0n) is 9.89. The van der Waals surface area contributed by atoms with Crippen LogP contribution in [0.4, 0.5) is 4.39 Å². The van der Waals surface area contributed by atoms with Crippen molar-refractivity contribution in [2.24, 2.45) is 5.73 Å². The van der Waals surface area contributed by atoms with Crippen LogP contribution < -0.4 is 11.1 Å². The highest BCUT2D eigenvalue weighted by Crippen LogP contribution is 2.21. The van der Waals surface area contributed by atoms with Crippen LogP contribution in [0.25, 0.3) is 0 Å². The Labute approximate surface area is 109 Å². The molecule has 1 amide bonds. The van der Waals surface area contributed by atoms with E-state index in [1.54, 1.807) is 6.07 Å². The van der Waals surface area contributed by atoms with E-state index < -0.39 is 5.54 Å². The number of carbonyl (C=O) groups excluding carboxylic acids is 1. The summed E-state index contributed by atoms with van der Waals surface area (Å²) in [6, 6.07) is 4.86. The van der Waals surface area contributed by atoms with Crippen LogP contribution in [-0.2, 0) is 11.3 Å². The molecule has 0 heterocycles. The van der Waals surface area contributed by atoms with E-state index in [0.717, 1.165) is 5.56 Å². The molecule has 0 saturated heterocycles. The number of halogens is 2. The van der Waals surface area contributed by atoms with Crippen molar-refractivity contribution < 1.29 is 9.18 Å². The third-order valence-corrected chi connectivity index (χ3v) is 3.29. The Bertz CT molecular complexity index is 421. The highest BCUT2D eigenvalue weighted by Gasteiger charge is 2.20. The number of hydrogen-bond donors (Lipinski definition) is 2. The summed E-state index contributed by atoms with van der Waals surface area (Å²) in [5.41, 5.74) is 5.56. The van der Waals surface area contributed by atoms with Gasteiger partial charge < -0.3 is 11.1 Å². The molecule has 0 fully saturated rings. The predicted molar refractivity (Wildman–Crippen MR) is 68.8 cm³/mol. The number of amides is 1. The van der Waals surface area contributed by atoms with Gasteiger partial charge in [0.05, 0.1) is 4.47 Å². The second-order valence-corrected chi connectivity index (χ2v) is 5.39. The highest BCUT2D eigenvalue weighted by molar-refractivity contribution is 9.10. The first-order chi connectivity index (χ1) is 7.82. The molecule has 3 nitrogen and oxygen atoms in total. The third kappa shape index (κ3) is 4.44. The van der Waals surface area contributed by atoms with Gasteiger partial charge in [0.25, 0.3) is 0 Å². The van der Waals surface area contributed by atoms with Crippen LogP contribution in [0.15, 0.2) is 22.7 Å². The van der Waals surface area contributed by atoms with Crippen molar-refractivity contribution in [3.63, 3.8) is 0 Å². The van der Waals surface area contributed by atoms with Crippen LogP contribution in [0.2, 0.25) is 0 Å². The summed E-state index contributed by atoms with van der Waals surface area (Å²) in [7, 11) is 0. The minimum Gasteiger partial charge on any atom is -0.370 e. The second kappa shape index (κ2) is 5.60. The summed E-state index contributed by atoms with van der Waals surface area (Å²) < 4.78 is 13.7. The molecule has 0 aliphatic carbocycles. The number of carbonyl (C=O) groups is 1. The van der Waals surface area contributed by atoms with E-state index >= 15 is 0 Å². The third-order valence-electron chi connectivity index (χ3n) is 2.41. The predicted octanol–water partition coefficient (Wildman–Crippen LogP) is 2.33. The minimum absolute atomic E-state index is 0.236. The van der Waals surface area contributed by atoms with Crippen molar-refractivity contribution >= 4 is 21.8 Å². The lowest BCUT2D eigenvalue weighted by molar-refractivity contribution is -0.119. The summed E-state index contributed by atoms with van der Waals surface area (Å²) in [6.45, 7) is 4.23. The molecule has 94 valence electrons. The van der Waals surface area contributed by atoms with E-state index in [0.29, 0.717) is 11.0 Å². The Morgan fingerprint density at radius 3 is 2.76 bits per heavy atom. The van der Waals surface area contributed by atoms with Gasteiger partial charge in [-0.05, 0) is 41.4 Å². The van der Waals surface area contributed by atoms with Crippen molar-refractivity contribution in [2.45, 2.75) is 32.4 Å². The minimum atomic E-state index is -0.405. The van der Waals surface area contributed by atoms with Crippen molar-refractivity contribution in [2.75, 3.05) is 0 Å². The SMILES string of the molecule is CC(C)(CC(N)=O)NCc1cccc(F)c1Br. The molecule has 0 aromatic heterocycles. The fraction of sp³-hybridized carbons (Fsp3) is 0.417. The molecule has 0 unspecified atom stereocenters. The molecule has 0 radical (unpaired) electrons. The summed E-state index contributed by atoms with van der Waals surface area (Å²) in [5, 5.41) is 3.18. The van der Waals surface area contributed by atoms with Gasteiger partial charge in [-0.2, -0.15) is 0 Å². The van der Waals surface area contributed by atoms with E-state index in [-0.39, 0.29) is 18.1 Å². The van der Waals surface area contributed by atoms with Gasteiger partial charge in [-0.3, -0.25) is 4.79 Å². The van der Waals surface area contributed by atoms with Crippen molar-refractivity contribution in [1.82, 2.24) is 5.32 Å². The van der Waals surface area contributed by atoms with E-state index in [9.17, 15) is 9.18 Å². The molecule has 3 N–H and O–H groups in total. The lowest BCUT2D eigenvalue weighted by atomic mass is 10.00. The van der Waals surface area contributed by atoms with Gasteiger partial charge in [-0.1, -0.05) is 12.1 Å². The standard InChI is InChI=1S/C12H16BrFN2O/c1-12(2,6-10(15)17)16-7-8-4-3-5-9(14)11(8)13/h3-5,16H,6-7H2,1-2H3,(H2,15,17). The Balaban J connectivity index is 2.67. The molecular weight excluding hydrogens is 287 g/mol. The lowest BCUT2D eigenvalue weighted by Crippen LogP contribution is -2.42. The fourth-order valence-corrected chi connectivity index (χ4v) is 1.92. The summed E-state index contributed by atoms with van der Waals surface area (Å²) >= 11 is 3.19. The van der Waals surface area contributed by atoms with E-state index in [2.05, 4.69) is 21.2 Å². The number of nitrogens with one attached hydrogen (secondary N) is 1. The highest BCUT2D eigenvalue weighted by atomic mass is 79.9. The summed E-state index contributed by atoms with van der Waals surface area (Å²) in [4.78, 5) is 10.9. The average Bonchev–Trinajstić information content (AvgIpc) is 2.18. The topological polar surface area (TPSA) is 55.1 Å². The Kier molecular flexibility index (Phi) is 4.65. The smallest absolute Gasteiger partial charge is 0.219 e. The average molecular weight is 303 g/mol. The largest absolute Gasteiger partial charge is 0.370 e. The van der Waals surface area contributed by atoms with Gasteiger partial charge in [0, 0.05) is 18.5 Å². The number of rotatable bonds is 5. The van der Waals surface area contributed by atoms with Gasteiger partial charge in [0.2, 0.25) is 5.91 Å². The molecule has 0 saturated carbocycles. The quantitative estimate of drug-likeness (QED) is 0.877. The first-order valence-corrected chi connectivity index (χ1v) is 6.07. The molecule has 0 atom stereocenters. The number of benzene rings is 1. The number of primary amides is 1. The van der Waals surface area contributed by atoms with Crippen LogP contribution in [-0.4, -0.2) is 11.4 Å². The number of hydrogen-bond acceptors (Lipinski definition) is 2. The summed E-state index contributed by atoms with van der Waals surface area (Å²) in [6.07, 6.45) is 0.236. The maximum Gasteiger partial charge on any atom is 0.219 e. The Morgan fingerprint density at radius 1 is 1.53 bits per heavy atom. The number of nitrogens with two attached hydrogens (primary N) is 1. The molecular formula is C12H16BrFN2O. The van der Waals surface area contributed by atoms with Crippen LogP contribution in [0.5, 0.6) is 0 Å². The van der Waals surface area contributed by atoms with Gasteiger partial charge >= 0.3 is 0 Å². The second-order valence-electron chi connectivity index (χ2n) is 4.59. The van der Waals surface area contributed by atoms with Gasteiger partial charge in [0.15, 0.2) is 0 Å². The van der Waals surface area contributed by atoms with Gasteiger partial charge in [0.1, 0.15) is 5.82 Å². The molecule has 1 aromatic carbocycles. The lowest BCUT2D eigenvalue weighted by Gasteiger charge is -2.25. The van der Waals surface area contributed by atoms with E-state index in [1.165, 1.54) is 6.07 Å². The molecule has 1 rings (SSSR count). The van der Waals surface area contributed by atoms with Crippen LogP contribution in [0.1, 0.15) is 25.8 Å². The molecule has 5 heteroatoms. The fourth-order valence-electron chi connectivity index (χ4n) is 1.52. The maximum atomic E-state index is 13.3. The maximum absolute atomic E-state index is 13.3. The van der Waals surface area contributed by atoms with E-state index in [4.69, 9.17) is 5.73 Å². The molecule has 17 heavy (non-hydrogen) atoms. The Morgan fingerprint density at radius 2 is 2.18 bits per heavy atom. The first kappa shape index (κ1) is 14.1. The molecule has 1 aromatic rings. The molecule has 0 spiro atoms. The first-order valence-electron chi connectivity index (χ1n) is 5.28. The summed E-state index contributed by atoms with van der Waals surface area (Å²) in [5.74, 6) is -0.655. The zero-order valence-corrected chi connectivity index (χ0v) is 11.5. The Hall–Kier alpha value is -0.940. The van der Waals surface area contributed by atoms with Crippen molar-refractivity contribution in [3.8, 4) is 0 Å². The monoisotopic (exact) mass is 302 g/mol. The van der Waals surface area contributed by atoms with Gasteiger partial charge in [-0.25, -0.2) is 4.39 Å². The van der Waals surface area contributed by atoms with Crippen LogP contribution in [0, 0.1) is 5.82 Å².